The molecule has 0 aromatic heterocycles. The van der Waals surface area contributed by atoms with Gasteiger partial charge < -0.3 is 19.0 Å². The number of urea groups is 1. The van der Waals surface area contributed by atoms with Crippen molar-refractivity contribution in [1.29, 1.82) is 0 Å². The molecule has 208 valence electrons. The second-order valence-corrected chi connectivity index (χ2v) is 16.9. The van der Waals surface area contributed by atoms with Crippen LogP contribution in [0.1, 0.15) is 50.7 Å². The Morgan fingerprint density at radius 2 is 1.61 bits per heavy atom. The van der Waals surface area contributed by atoms with Crippen LogP contribution >= 0.6 is 0 Å². The Bertz CT molecular complexity index is 1060. The summed E-state index contributed by atoms with van der Waals surface area (Å²) in [5.74, 6) is 0.835. The average molecular weight is 538 g/mol. The standard InChI is InChI=1S/C31H47N3O3Si/c1-25(2)38(6,7)37-22-21-34-29(35)33(23-26-13-15-28(36-5)16-14-26)24-30(34)17-19-31(20-18-30,32(3)4)27-11-9-8-10-12-27/h8-16,25H,17-24H2,1-7H3. The number of amides is 2. The fourth-order valence-electron chi connectivity index (χ4n) is 6.16. The summed E-state index contributed by atoms with van der Waals surface area (Å²) >= 11 is 0. The quantitative estimate of drug-likeness (QED) is 0.332. The number of carbonyl (C=O) groups excluding carboxylic acids is 1. The number of hydrogen-bond acceptors (Lipinski definition) is 4. The molecule has 1 saturated carbocycles. The number of methoxy groups -OCH3 is 1. The van der Waals surface area contributed by atoms with Crippen LogP contribution in [0, 0.1) is 0 Å². The van der Waals surface area contributed by atoms with E-state index >= 15 is 0 Å². The van der Waals surface area contributed by atoms with Crippen molar-refractivity contribution in [2.75, 3.05) is 40.9 Å². The van der Waals surface area contributed by atoms with Gasteiger partial charge in [-0.1, -0.05) is 56.3 Å². The van der Waals surface area contributed by atoms with E-state index in [1.807, 2.05) is 12.1 Å². The van der Waals surface area contributed by atoms with Crippen LogP contribution in [0.2, 0.25) is 18.6 Å². The molecule has 1 spiro atoms. The summed E-state index contributed by atoms with van der Waals surface area (Å²) in [7, 11) is 4.30. The first-order chi connectivity index (χ1) is 18.0. The van der Waals surface area contributed by atoms with Gasteiger partial charge in [-0.05, 0) is 81.7 Å². The Labute approximate surface area is 231 Å². The monoisotopic (exact) mass is 537 g/mol. The van der Waals surface area contributed by atoms with E-state index in [-0.39, 0.29) is 17.1 Å². The lowest BCUT2D eigenvalue weighted by molar-refractivity contribution is 0.0207. The zero-order valence-electron chi connectivity index (χ0n) is 24.5. The molecule has 2 aromatic rings. The third-order valence-corrected chi connectivity index (χ3v) is 13.2. The van der Waals surface area contributed by atoms with Crippen LogP contribution in [0.5, 0.6) is 5.75 Å². The normalized spacial score (nSPS) is 24.2. The van der Waals surface area contributed by atoms with Crippen molar-refractivity contribution >= 4 is 14.3 Å². The molecule has 1 aliphatic carbocycles. The molecular weight excluding hydrogens is 490 g/mol. The van der Waals surface area contributed by atoms with Crippen molar-refractivity contribution < 1.29 is 14.0 Å². The van der Waals surface area contributed by atoms with Crippen molar-refractivity contribution in [3.05, 3.63) is 65.7 Å². The summed E-state index contributed by atoms with van der Waals surface area (Å²) in [6, 6.07) is 19.1. The van der Waals surface area contributed by atoms with Gasteiger partial charge in [0.2, 0.25) is 0 Å². The summed E-state index contributed by atoms with van der Waals surface area (Å²) in [5, 5.41) is 0. The first kappa shape index (κ1) is 28.6. The summed E-state index contributed by atoms with van der Waals surface area (Å²) in [6.07, 6.45) is 4.01. The molecule has 2 aliphatic rings. The zero-order chi connectivity index (χ0) is 27.6. The molecular formula is C31H47N3O3Si. The zero-order valence-corrected chi connectivity index (χ0v) is 25.5. The highest BCUT2D eigenvalue weighted by Gasteiger charge is 2.54. The minimum absolute atomic E-state index is 0.00627. The number of carbonyl (C=O) groups is 1. The summed E-state index contributed by atoms with van der Waals surface area (Å²) in [4.78, 5) is 20.6. The molecule has 1 saturated heterocycles. The largest absolute Gasteiger partial charge is 0.497 e. The van der Waals surface area contributed by atoms with Gasteiger partial charge in [-0.25, -0.2) is 4.79 Å². The first-order valence-corrected chi connectivity index (χ1v) is 17.1. The highest BCUT2D eigenvalue weighted by Crippen LogP contribution is 2.49. The maximum Gasteiger partial charge on any atom is 0.320 e. The van der Waals surface area contributed by atoms with Crippen LogP contribution in [0.15, 0.2) is 54.6 Å². The fraction of sp³-hybridized carbons (Fsp3) is 0.581. The van der Waals surface area contributed by atoms with Crippen molar-refractivity contribution in [2.45, 2.75) is 75.8 Å². The van der Waals surface area contributed by atoms with Gasteiger partial charge in [-0.15, -0.1) is 0 Å². The number of benzene rings is 2. The lowest BCUT2D eigenvalue weighted by atomic mass is 9.68. The van der Waals surface area contributed by atoms with Gasteiger partial charge in [0.05, 0.1) is 19.3 Å². The molecule has 2 aromatic carbocycles. The number of ether oxygens (including phenoxy) is 1. The maximum atomic E-state index is 13.9. The Balaban J connectivity index is 1.56. The molecule has 0 bridgehead atoms. The smallest absolute Gasteiger partial charge is 0.320 e. The summed E-state index contributed by atoms with van der Waals surface area (Å²) < 4.78 is 11.8. The van der Waals surface area contributed by atoms with Crippen molar-refractivity contribution in [1.82, 2.24) is 14.7 Å². The third-order valence-electron chi connectivity index (χ3n) is 9.45. The molecule has 1 aliphatic heterocycles. The molecule has 2 fully saturated rings. The minimum atomic E-state index is -1.77. The van der Waals surface area contributed by atoms with E-state index in [4.69, 9.17) is 9.16 Å². The Kier molecular flexibility index (Phi) is 8.60. The van der Waals surface area contributed by atoms with Crippen molar-refractivity contribution in [3.8, 4) is 5.75 Å². The van der Waals surface area contributed by atoms with Gasteiger partial charge in [0.1, 0.15) is 5.75 Å². The first-order valence-electron chi connectivity index (χ1n) is 14.1. The van der Waals surface area contributed by atoms with E-state index in [1.165, 1.54) is 5.56 Å². The van der Waals surface area contributed by atoms with E-state index in [0.717, 1.165) is 43.5 Å². The van der Waals surface area contributed by atoms with Crippen LogP contribution in [-0.4, -0.2) is 75.5 Å². The lowest BCUT2D eigenvalue weighted by Crippen LogP contribution is -2.56. The second-order valence-electron chi connectivity index (χ2n) is 12.3. The predicted molar refractivity (Wildman–Crippen MR) is 157 cm³/mol. The van der Waals surface area contributed by atoms with E-state index in [2.05, 4.69) is 98.2 Å². The molecule has 2 amide bonds. The molecule has 0 atom stereocenters. The van der Waals surface area contributed by atoms with Gasteiger partial charge in [0, 0.05) is 25.2 Å². The predicted octanol–water partition coefficient (Wildman–Crippen LogP) is 6.33. The lowest BCUT2D eigenvalue weighted by Gasteiger charge is -2.51. The molecule has 38 heavy (non-hydrogen) atoms. The Morgan fingerprint density at radius 3 is 2.16 bits per heavy atom. The Morgan fingerprint density at radius 1 is 0.974 bits per heavy atom. The summed E-state index contributed by atoms with van der Waals surface area (Å²) in [6.45, 7) is 11.7. The maximum absolute atomic E-state index is 13.9. The van der Waals surface area contributed by atoms with Gasteiger partial charge in [-0.2, -0.15) is 0 Å². The van der Waals surface area contributed by atoms with E-state index < -0.39 is 8.32 Å². The molecule has 1 heterocycles. The highest BCUT2D eigenvalue weighted by molar-refractivity contribution is 6.72. The van der Waals surface area contributed by atoms with E-state index in [1.54, 1.807) is 7.11 Å². The average Bonchev–Trinajstić information content (AvgIpc) is 3.15. The van der Waals surface area contributed by atoms with Crippen molar-refractivity contribution in [2.24, 2.45) is 0 Å². The van der Waals surface area contributed by atoms with Crippen molar-refractivity contribution in [3.63, 3.8) is 0 Å². The van der Waals surface area contributed by atoms with Gasteiger partial charge in [-0.3, -0.25) is 4.90 Å². The molecule has 6 nitrogen and oxygen atoms in total. The van der Waals surface area contributed by atoms with Crippen LogP contribution in [-0.2, 0) is 16.5 Å². The molecule has 4 rings (SSSR count). The van der Waals surface area contributed by atoms with Crippen LogP contribution in [0.25, 0.3) is 0 Å². The topological polar surface area (TPSA) is 45.2 Å². The van der Waals surface area contributed by atoms with Gasteiger partial charge in [0.15, 0.2) is 8.32 Å². The highest BCUT2D eigenvalue weighted by atomic mass is 28.4. The van der Waals surface area contributed by atoms with E-state index in [0.29, 0.717) is 25.2 Å². The molecule has 7 heteroatoms. The number of nitrogens with zero attached hydrogens (tertiary/aromatic N) is 3. The summed E-state index contributed by atoms with van der Waals surface area (Å²) in [5.41, 5.74) is 2.87. The SMILES string of the molecule is COc1ccc(CN2CC3(CCC(c4ccccc4)(N(C)C)CC3)N(CCO[Si](C)(C)C(C)C)C2=O)cc1. The number of hydrogen-bond donors (Lipinski definition) is 0. The third kappa shape index (κ3) is 5.65. The van der Waals surface area contributed by atoms with Gasteiger partial charge >= 0.3 is 6.03 Å². The van der Waals surface area contributed by atoms with Crippen LogP contribution < -0.4 is 4.74 Å². The number of rotatable bonds is 10. The molecule has 0 unspecified atom stereocenters. The van der Waals surface area contributed by atoms with Crippen LogP contribution in [0.3, 0.4) is 0 Å². The van der Waals surface area contributed by atoms with Crippen LogP contribution in [0.4, 0.5) is 4.79 Å². The molecule has 0 radical (unpaired) electrons. The van der Waals surface area contributed by atoms with Gasteiger partial charge in [0.25, 0.3) is 0 Å². The fourth-order valence-corrected chi connectivity index (χ4v) is 7.11. The minimum Gasteiger partial charge on any atom is -0.497 e. The molecule has 0 N–H and O–H groups in total. The second kappa shape index (κ2) is 11.4. The Hall–Kier alpha value is -2.35. The van der Waals surface area contributed by atoms with E-state index in [9.17, 15) is 4.79 Å².